The summed E-state index contributed by atoms with van der Waals surface area (Å²) >= 11 is 0. The third-order valence-corrected chi connectivity index (χ3v) is 12.9. The van der Waals surface area contributed by atoms with Crippen molar-refractivity contribution in [1.82, 2.24) is 0 Å². The van der Waals surface area contributed by atoms with Crippen molar-refractivity contribution in [3.63, 3.8) is 0 Å². The van der Waals surface area contributed by atoms with Crippen LogP contribution in [0.4, 0.5) is 34.1 Å². The molecular formula is C58H64N2. The van der Waals surface area contributed by atoms with Crippen molar-refractivity contribution in [1.29, 1.82) is 0 Å². The number of hydrogen-bond acceptors (Lipinski definition) is 2. The van der Waals surface area contributed by atoms with Crippen LogP contribution >= 0.6 is 0 Å². The monoisotopic (exact) mass is 789 g/mol. The summed E-state index contributed by atoms with van der Waals surface area (Å²) in [5.74, 6) is 2.51. The highest BCUT2D eigenvalue weighted by Gasteiger charge is 2.26. The number of hydrogen-bond donors (Lipinski definition) is 0. The van der Waals surface area contributed by atoms with Crippen LogP contribution in [0.2, 0.25) is 0 Å². The third kappa shape index (κ3) is 7.44. The molecule has 2 nitrogen and oxygen atoms in total. The summed E-state index contributed by atoms with van der Waals surface area (Å²) in [5, 5.41) is 7.91. The quantitative estimate of drug-likeness (QED) is 0.114. The first-order chi connectivity index (χ1) is 28.7. The molecule has 0 aliphatic heterocycles. The van der Waals surface area contributed by atoms with Crippen LogP contribution in [0.15, 0.2) is 133 Å². The van der Waals surface area contributed by atoms with Crippen molar-refractivity contribution >= 4 is 66.4 Å². The molecular weight excluding hydrogens is 725 g/mol. The first-order valence-corrected chi connectivity index (χ1v) is 22.5. The fourth-order valence-corrected chi connectivity index (χ4v) is 9.23. The molecule has 0 fully saturated rings. The molecule has 0 saturated heterocycles. The summed E-state index contributed by atoms with van der Waals surface area (Å²) in [5.41, 5.74) is 15.3. The molecule has 0 N–H and O–H groups in total. The molecule has 8 rings (SSSR count). The van der Waals surface area contributed by atoms with Gasteiger partial charge in [-0.2, -0.15) is 0 Å². The van der Waals surface area contributed by atoms with Gasteiger partial charge in [-0.25, -0.2) is 0 Å². The van der Waals surface area contributed by atoms with E-state index in [2.05, 4.69) is 226 Å². The first kappa shape index (κ1) is 41.1. The predicted molar refractivity (Wildman–Crippen MR) is 264 cm³/mol. The van der Waals surface area contributed by atoms with E-state index in [1.165, 1.54) is 99.8 Å². The van der Waals surface area contributed by atoms with E-state index in [1.807, 2.05) is 0 Å². The summed E-state index contributed by atoms with van der Waals surface area (Å²) in [4.78, 5) is 5.02. The van der Waals surface area contributed by atoms with E-state index in [-0.39, 0.29) is 5.92 Å². The number of rotatable bonds is 12. The molecule has 0 heterocycles. The molecule has 0 spiro atoms. The van der Waals surface area contributed by atoms with Gasteiger partial charge in [-0.1, -0.05) is 156 Å². The van der Waals surface area contributed by atoms with Gasteiger partial charge >= 0.3 is 0 Å². The van der Waals surface area contributed by atoms with E-state index in [4.69, 9.17) is 0 Å². The lowest BCUT2D eigenvalue weighted by Gasteiger charge is -2.32. The molecule has 306 valence electrons. The Morgan fingerprint density at radius 3 is 0.900 bits per heavy atom. The molecule has 0 radical (unpaired) electrons. The Bertz CT molecular complexity index is 2620. The molecule has 0 atom stereocenters. The van der Waals surface area contributed by atoms with Gasteiger partial charge in [0.05, 0.1) is 11.4 Å². The maximum Gasteiger partial charge on any atom is 0.0546 e. The van der Waals surface area contributed by atoms with Gasteiger partial charge in [-0.3, -0.25) is 0 Å². The molecule has 0 saturated carbocycles. The zero-order chi connectivity index (χ0) is 42.6. The second-order valence-corrected chi connectivity index (χ2v) is 19.0. The summed E-state index contributed by atoms with van der Waals surface area (Å²) in [6.45, 7) is 27.6. The standard InChI is InChI=1S/C58H64N2/c1-35(2)41-13-21-45(22-14-41)59(46-23-15-42(16-24-46)36(3)4)55-33-53(40(11)12)54-34-56(51-31-29-49(39(9)10)50-30-32-52(55)58(54)57(50)51)60(47-25-17-43(18-26-47)37(5)6)48-27-19-44(20-28-48)38(7)8/h13-40H,1-12H3. The molecule has 8 aromatic rings. The number of anilines is 6. The van der Waals surface area contributed by atoms with E-state index in [9.17, 15) is 0 Å². The normalized spacial score (nSPS) is 12.2. The van der Waals surface area contributed by atoms with Crippen molar-refractivity contribution in [2.45, 2.75) is 119 Å². The van der Waals surface area contributed by atoms with Gasteiger partial charge in [-0.05, 0) is 151 Å². The van der Waals surface area contributed by atoms with Gasteiger partial charge in [0.1, 0.15) is 0 Å². The third-order valence-electron chi connectivity index (χ3n) is 12.9. The van der Waals surface area contributed by atoms with Crippen LogP contribution in [0.1, 0.15) is 152 Å². The lowest BCUT2D eigenvalue weighted by atomic mass is 9.84. The fourth-order valence-electron chi connectivity index (χ4n) is 9.23. The first-order valence-electron chi connectivity index (χ1n) is 22.5. The zero-order valence-corrected chi connectivity index (χ0v) is 38.1. The van der Waals surface area contributed by atoms with Gasteiger partial charge in [0.15, 0.2) is 0 Å². The van der Waals surface area contributed by atoms with Crippen LogP contribution in [0, 0.1) is 0 Å². The molecule has 2 heteroatoms. The Hall–Kier alpha value is -5.60. The summed E-state index contributed by atoms with van der Waals surface area (Å²) in [6, 6.07) is 51.7. The molecule has 8 aromatic carbocycles. The average Bonchev–Trinajstić information content (AvgIpc) is 3.23. The van der Waals surface area contributed by atoms with Crippen LogP contribution in [0.3, 0.4) is 0 Å². The van der Waals surface area contributed by atoms with Gasteiger partial charge in [0.25, 0.3) is 0 Å². The van der Waals surface area contributed by atoms with E-state index in [0.717, 1.165) is 0 Å². The maximum absolute atomic E-state index is 2.52. The van der Waals surface area contributed by atoms with Gasteiger partial charge in [-0.15, -0.1) is 0 Å². The Morgan fingerprint density at radius 2 is 0.567 bits per heavy atom. The van der Waals surface area contributed by atoms with Crippen molar-refractivity contribution in [2.24, 2.45) is 0 Å². The highest BCUT2D eigenvalue weighted by atomic mass is 15.2. The van der Waals surface area contributed by atoms with Gasteiger partial charge in [0, 0.05) is 33.5 Å². The van der Waals surface area contributed by atoms with E-state index in [0.29, 0.717) is 29.6 Å². The van der Waals surface area contributed by atoms with Crippen molar-refractivity contribution in [3.8, 4) is 0 Å². The minimum absolute atomic E-state index is 0.281. The zero-order valence-electron chi connectivity index (χ0n) is 38.1. The van der Waals surface area contributed by atoms with Gasteiger partial charge < -0.3 is 9.80 Å². The highest BCUT2D eigenvalue weighted by Crippen LogP contribution is 2.51. The van der Waals surface area contributed by atoms with E-state index in [1.54, 1.807) is 0 Å². The topological polar surface area (TPSA) is 6.48 Å². The predicted octanol–water partition coefficient (Wildman–Crippen LogP) is 18.3. The van der Waals surface area contributed by atoms with Crippen LogP contribution in [0.25, 0.3) is 32.3 Å². The SMILES string of the molecule is CC(C)c1ccc(N(c2ccc(C(C)C)cc2)c2cc3c(C(C)C)cc(N(c4ccc(C(C)C)cc4)c4ccc(C(C)C)cc4)c4ccc5c(C(C)C)ccc2c5c34)cc1. The van der Waals surface area contributed by atoms with Crippen molar-refractivity contribution in [2.75, 3.05) is 9.80 Å². The lowest BCUT2D eigenvalue weighted by molar-refractivity contribution is 0.865. The lowest BCUT2D eigenvalue weighted by Crippen LogP contribution is -2.13. The van der Waals surface area contributed by atoms with Crippen molar-refractivity contribution < 1.29 is 0 Å². The van der Waals surface area contributed by atoms with Crippen LogP contribution in [-0.4, -0.2) is 0 Å². The largest absolute Gasteiger partial charge is 0.310 e. The van der Waals surface area contributed by atoms with Crippen molar-refractivity contribution in [3.05, 3.63) is 167 Å². The minimum atomic E-state index is 0.281. The van der Waals surface area contributed by atoms with Crippen LogP contribution in [-0.2, 0) is 0 Å². The minimum Gasteiger partial charge on any atom is -0.310 e. The van der Waals surface area contributed by atoms with Gasteiger partial charge in [0.2, 0.25) is 0 Å². The maximum atomic E-state index is 2.52. The highest BCUT2D eigenvalue weighted by molar-refractivity contribution is 6.30. The smallest absolute Gasteiger partial charge is 0.0546 e. The molecule has 0 bridgehead atoms. The second-order valence-electron chi connectivity index (χ2n) is 19.0. The Labute approximate surface area is 360 Å². The summed E-state index contributed by atoms with van der Waals surface area (Å²) < 4.78 is 0. The average molecular weight is 789 g/mol. The molecule has 60 heavy (non-hydrogen) atoms. The Balaban J connectivity index is 1.48. The molecule has 0 aliphatic rings. The molecule has 0 amide bonds. The number of benzene rings is 8. The molecule has 0 aromatic heterocycles. The van der Waals surface area contributed by atoms with Crippen LogP contribution in [0.5, 0.6) is 0 Å². The Morgan fingerprint density at radius 1 is 0.267 bits per heavy atom. The summed E-state index contributed by atoms with van der Waals surface area (Å²) in [7, 11) is 0. The van der Waals surface area contributed by atoms with Crippen LogP contribution < -0.4 is 9.80 Å². The fraction of sp³-hybridized carbons (Fsp3) is 0.310. The molecule has 0 unspecified atom stereocenters. The van der Waals surface area contributed by atoms with E-state index >= 15 is 0 Å². The summed E-state index contributed by atoms with van der Waals surface area (Å²) in [6.07, 6.45) is 0. The second kappa shape index (κ2) is 16.5. The Kier molecular flexibility index (Phi) is 11.3. The molecule has 0 aliphatic carbocycles. The number of nitrogens with zero attached hydrogens (tertiary/aromatic N) is 2. The van der Waals surface area contributed by atoms with E-state index < -0.39 is 0 Å².